The monoisotopic (exact) mass is 310 g/mol. The van der Waals surface area contributed by atoms with Gasteiger partial charge in [0, 0.05) is 33.7 Å². The van der Waals surface area contributed by atoms with Crippen LogP contribution in [0, 0.1) is 0 Å². The van der Waals surface area contributed by atoms with Crippen molar-refractivity contribution < 1.29 is 9.59 Å². The molecule has 0 unspecified atom stereocenters. The van der Waals surface area contributed by atoms with Gasteiger partial charge >= 0.3 is 0 Å². The zero-order chi connectivity index (χ0) is 16.3. The lowest BCUT2D eigenvalue weighted by atomic mass is 9.74. The summed E-state index contributed by atoms with van der Waals surface area (Å²) in [5.74, 6) is 0.240. The molecule has 6 nitrogen and oxygen atoms in total. The molecule has 0 bridgehead atoms. The van der Waals surface area contributed by atoms with E-state index in [-0.39, 0.29) is 17.9 Å². The first-order valence-electron chi connectivity index (χ1n) is 8.31. The van der Waals surface area contributed by atoms with Gasteiger partial charge in [-0.3, -0.25) is 14.5 Å². The quantitative estimate of drug-likeness (QED) is 0.758. The van der Waals surface area contributed by atoms with Crippen molar-refractivity contribution >= 4 is 11.8 Å². The molecule has 2 amide bonds. The van der Waals surface area contributed by atoms with Crippen molar-refractivity contribution in [1.82, 2.24) is 20.0 Å². The number of rotatable bonds is 6. The van der Waals surface area contributed by atoms with E-state index in [0.717, 1.165) is 51.7 Å². The van der Waals surface area contributed by atoms with E-state index in [1.54, 1.807) is 7.05 Å². The van der Waals surface area contributed by atoms with E-state index < -0.39 is 5.54 Å². The van der Waals surface area contributed by atoms with Crippen LogP contribution in [-0.4, -0.2) is 85.9 Å². The fraction of sp³-hybridized carbons (Fsp3) is 0.875. The Labute approximate surface area is 133 Å². The number of nitrogens with zero attached hydrogens (tertiary/aromatic N) is 3. The third kappa shape index (κ3) is 3.13. The molecule has 126 valence electrons. The zero-order valence-corrected chi connectivity index (χ0v) is 14.4. The molecule has 0 spiro atoms. The van der Waals surface area contributed by atoms with Gasteiger partial charge in [-0.1, -0.05) is 0 Å². The highest BCUT2D eigenvalue weighted by atomic mass is 16.2. The summed E-state index contributed by atoms with van der Waals surface area (Å²) in [6.45, 7) is 2.43. The Kier molecular flexibility index (Phi) is 5.45. The van der Waals surface area contributed by atoms with E-state index in [1.807, 2.05) is 26.0 Å². The molecule has 6 heteroatoms. The number of likely N-dealkylation sites (tertiary alicyclic amines) is 1. The minimum atomic E-state index is -0.437. The largest absolute Gasteiger partial charge is 0.358 e. The van der Waals surface area contributed by atoms with Crippen LogP contribution in [0.5, 0.6) is 0 Å². The van der Waals surface area contributed by atoms with Gasteiger partial charge in [0.05, 0.1) is 6.04 Å². The second-order valence-electron chi connectivity index (χ2n) is 6.88. The number of carbonyl (C=O) groups excluding carboxylic acids is 2. The molecule has 0 radical (unpaired) electrons. The van der Waals surface area contributed by atoms with E-state index in [0.29, 0.717) is 0 Å². The van der Waals surface area contributed by atoms with Gasteiger partial charge in [-0.2, -0.15) is 0 Å². The van der Waals surface area contributed by atoms with Crippen LogP contribution in [0.15, 0.2) is 0 Å². The molecule has 1 heterocycles. The van der Waals surface area contributed by atoms with Crippen molar-refractivity contribution in [2.75, 3.05) is 47.8 Å². The Morgan fingerprint density at radius 3 is 2.36 bits per heavy atom. The maximum Gasteiger partial charge on any atom is 0.240 e. The lowest BCUT2D eigenvalue weighted by molar-refractivity contribution is -0.147. The summed E-state index contributed by atoms with van der Waals surface area (Å²) in [6.07, 6.45) is 4.68. The topological polar surface area (TPSA) is 55.9 Å². The van der Waals surface area contributed by atoms with Gasteiger partial charge in [0.25, 0.3) is 0 Å². The van der Waals surface area contributed by atoms with E-state index in [1.165, 1.54) is 0 Å². The van der Waals surface area contributed by atoms with Gasteiger partial charge in [-0.15, -0.1) is 0 Å². The molecule has 0 aromatic heterocycles. The molecule has 1 aliphatic heterocycles. The van der Waals surface area contributed by atoms with Crippen LogP contribution in [-0.2, 0) is 9.59 Å². The van der Waals surface area contributed by atoms with E-state index in [4.69, 9.17) is 0 Å². The number of likely N-dealkylation sites (N-methyl/N-ethyl adjacent to an activating group) is 3. The third-order valence-corrected chi connectivity index (χ3v) is 5.18. The van der Waals surface area contributed by atoms with Crippen LogP contribution in [0.25, 0.3) is 0 Å². The third-order valence-electron chi connectivity index (χ3n) is 5.18. The van der Waals surface area contributed by atoms with E-state index in [2.05, 4.69) is 15.1 Å². The lowest BCUT2D eigenvalue weighted by Crippen LogP contribution is -2.65. The van der Waals surface area contributed by atoms with Crippen LogP contribution in [0.3, 0.4) is 0 Å². The SMILES string of the molecule is CNC(=O)C1(N2CCC[C@H]2C(=O)N(C)CCN(C)C)CCC1. The first-order chi connectivity index (χ1) is 10.4. The van der Waals surface area contributed by atoms with Gasteiger partial charge in [0.15, 0.2) is 0 Å². The summed E-state index contributed by atoms with van der Waals surface area (Å²) in [5, 5.41) is 2.80. The maximum atomic E-state index is 12.8. The van der Waals surface area contributed by atoms with Crippen LogP contribution in [0.4, 0.5) is 0 Å². The highest BCUT2D eigenvalue weighted by Crippen LogP contribution is 2.42. The van der Waals surface area contributed by atoms with Crippen LogP contribution >= 0.6 is 0 Å². The van der Waals surface area contributed by atoms with Crippen LogP contribution in [0.1, 0.15) is 32.1 Å². The summed E-state index contributed by atoms with van der Waals surface area (Å²) >= 11 is 0. The van der Waals surface area contributed by atoms with Gasteiger partial charge in [0.2, 0.25) is 11.8 Å². The zero-order valence-electron chi connectivity index (χ0n) is 14.4. The molecule has 0 aromatic carbocycles. The predicted molar refractivity (Wildman–Crippen MR) is 86.6 cm³/mol. The summed E-state index contributed by atoms with van der Waals surface area (Å²) in [5.41, 5.74) is -0.437. The Morgan fingerprint density at radius 1 is 1.18 bits per heavy atom. The van der Waals surface area contributed by atoms with Crippen LogP contribution in [0.2, 0.25) is 0 Å². The van der Waals surface area contributed by atoms with Gasteiger partial charge in [0.1, 0.15) is 5.54 Å². The first kappa shape index (κ1) is 17.2. The molecule has 1 N–H and O–H groups in total. The Hall–Kier alpha value is -1.14. The standard InChI is InChI=1S/C16H30N4O2/c1-17-15(22)16(8-6-9-16)20-10-5-7-13(20)14(21)19(4)12-11-18(2)3/h13H,5-12H2,1-4H3,(H,17,22)/t13-/m0/s1. The Bertz CT molecular complexity index is 420. The lowest BCUT2D eigenvalue weighted by Gasteiger charge is -2.49. The van der Waals surface area contributed by atoms with E-state index in [9.17, 15) is 9.59 Å². The predicted octanol–water partition coefficient (Wildman–Crippen LogP) is 0.140. The summed E-state index contributed by atoms with van der Waals surface area (Å²) in [6, 6.07) is -0.134. The fourth-order valence-corrected chi connectivity index (χ4v) is 3.64. The van der Waals surface area contributed by atoms with Crippen molar-refractivity contribution in [3.63, 3.8) is 0 Å². The van der Waals surface area contributed by atoms with Crippen molar-refractivity contribution in [3.8, 4) is 0 Å². The van der Waals surface area contributed by atoms with Gasteiger partial charge in [-0.25, -0.2) is 0 Å². The second kappa shape index (κ2) is 6.96. The van der Waals surface area contributed by atoms with Crippen molar-refractivity contribution in [3.05, 3.63) is 0 Å². The summed E-state index contributed by atoms with van der Waals surface area (Å²) < 4.78 is 0. The molecule has 2 rings (SSSR count). The number of nitrogens with one attached hydrogen (secondary N) is 1. The molecular formula is C16H30N4O2. The average molecular weight is 310 g/mol. The van der Waals surface area contributed by atoms with Gasteiger partial charge in [-0.05, 0) is 46.2 Å². The van der Waals surface area contributed by atoms with E-state index >= 15 is 0 Å². The average Bonchev–Trinajstić information content (AvgIpc) is 2.92. The Balaban J connectivity index is 2.06. The van der Waals surface area contributed by atoms with Crippen molar-refractivity contribution in [2.24, 2.45) is 0 Å². The normalized spacial score (nSPS) is 24.1. The van der Waals surface area contributed by atoms with Crippen molar-refractivity contribution in [2.45, 2.75) is 43.7 Å². The molecule has 1 atom stereocenters. The minimum absolute atomic E-state index is 0.0781. The van der Waals surface area contributed by atoms with Crippen LogP contribution < -0.4 is 5.32 Å². The molecule has 2 fully saturated rings. The highest BCUT2D eigenvalue weighted by molar-refractivity contribution is 5.89. The molecule has 1 saturated carbocycles. The fourth-order valence-electron chi connectivity index (χ4n) is 3.64. The summed E-state index contributed by atoms with van der Waals surface area (Å²) in [7, 11) is 7.58. The second-order valence-corrected chi connectivity index (χ2v) is 6.88. The smallest absolute Gasteiger partial charge is 0.240 e. The molecular weight excluding hydrogens is 280 g/mol. The minimum Gasteiger partial charge on any atom is -0.358 e. The number of amides is 2. The van der Waals surface area contributed by atoms with Gasteiger partial charge < -0.3 is 15.1 Å². The number of hydrogen-bond acceptors (Lipinski definition) is 4. The highest BCUT2D eigenvalue weighted by Gasteiger charge is 2.53. The summed E-state index contributed by atoms with van der Waals surface area (Å²) in [4.78, 5) is 31.3. The molecule has 22 heavy (non-hydrogen) atoms. The molecule has 1 aliphatic carbocycles. The maximum absolute atomic E-state index is 12.8. The molecule has 2 aliphatic rings. The Morgan fingerprint density at radius 2 is 1.86 bits per heavy atom. The van der Waals surface area contributed by atoms with Crippen molar-refractivity contribution in [1.29, 1.82) is 0 Å². The number of carbonyl (C=O) groups is 2. The molecule has 0 aromatic rings. The first-order valence-corrected chi connectivity index (χ1v) is 8.31. The molecule has 1 saturated heterocycles. The number of hydrogen-bond donors (Lipinski definition) is 1.